The van der Waals surface area contributed by atoms with Gasteiger partial charge in [-0.15, -0.1) is 0 Å². The van der Waals surface area contributed by atoms with Gasteiger partial charge < -0.3 is 14.7 Å². The van der Waals surface area contributed by atoms with Gasteiger partial charge in [0.2, 0.25) is 5.91 Å². The van der Waals surface area contributed by atoms with E-state index >= 15 is 0 Å². The molecular weight excluding hydrogens is 342 g/mol. The van der Waals surface area contributed by atoms with E-state index in [0.717, 1.165) is 34.9 Å². The second kappa shape index (κ2) is 8.89. The number of unbranched alkanes of at least 4 members (excludes halogenated alkanes) is 3. The summed E-state index contributed by atoms with van der Waals surface area (Å²) in [5, 5.41) is 11.4. The van der Waals surface area contributed by atoms with Crippen LogP contribution in [0.1, 0.15) is 44.6 Å². The van der Waals surface area contributed by atoms with E-state index in [9.17, 15) is 14.7 Å². The molecule has 1 aliphatic heterocycles. The Morgan fingerprint density at radius 2 is 2.00 bits per heavy atom. The Kier molecular flexibility index (Phi) is 6.32. The number of fused-ring (bicyclic) bond motifs is 1. The highest BCUT2D eigenvalue weighted by molar-refractivity contribution is 5.89. The van der Waals surface area contributed by atoms with Gasteiger partial charge in [-0.1, -0.05) is 56.5 Å². The van der Waals surface area contributed by atoms with Crippen LogP contribution in [0.25, 0.3) is 10.8 Å². The number of amides is 1. The predicted molar refractivity (Wildman–Crippen MR) is 105 cm³/mol. The smallest absolute Gasteiger partial charge is 0.308 e. The second-order valence-corrected chi connectivity index (χ2v) is 7.19. The number of likely N-dealkylation sites (tertiary alicyclic amines) is 1. The van der Waals surface area contributed by atoms with Crippen molar-refractivity contribution in [3.05, 3.63) is 42.0 Å². The number of rotatable bonds is 9. The molecule has 1 atom stereocenters. The van der Waals surface area contributed by atoms with Gasteiger partial charge in [0.15, 0.2) is 0 Å². The lowest BCUT2D eigenvalue weighted by molar-refractivity contribution is -0.141. The summed E-state index contributed by atoms with van der Waals surface area (Å²) in [7, 11) is 0. The molecule has 5 heteroatoms. The Balaban J connectivity index is 1.81. The normalized spacial score (nSPS) is 16.9. The molecule has 1 N–H and O–H groups in total. The monoisotopic (exact) mass is 369 g/mol. The molecule has 1 fully saturated rings. The first-order valence-electron chi connectivity index (χ1n) is 9.74. The summed E-state index contributed by atoms with van der Waals surface area (Å²) in [6.45, 7) is 3.47. The number of carboxylic acid groups (broad SMARTS) is 1. The second-order valence-electron chi connectivity index (χ2n) is 7.19. The van der Waals surface area contributed by atoms with Gasteiger partial charge in [0.05, 0.1) is 12.5 Å². The Morgan fingerprint density at radius 3 is 2.74 bits per heavy atom. The summed E-state index contributed by atoms with van der Waals surface area (Å²) >= 11 is 0. The fourth-order valence-electron chi connectivity index (χ4n) is 3.61. The summed E-state index contributed by atoms with van der Waals surface area (Å²) < 4.78 is 6.06. The highest BCUT2D eigenvalue weighted by Gasteiger charge is 2.34. The molecule has 1 aliphatic rings. The van der Waals surface area contributed by atoms with Crippen LogP contribution < -0.4 is 4.74 Å². The fraction of sp³-hybridized carbons (Fsp3) is 0.455. The molecule has 2 aromatic carbocycles. The van der Waals surface area contributed by atoms with E-state index in [1.807, 2.05) is 36.4 Å². The number of carbonyl (C=O) groups is 2. The standard InChI is InChI=1S/C22H27NO4/c1-2-3-4-7-12-27-20-11-10-16-8-5-6-9-18(16)19(20)15-23-14-17(22(25)26)13-21(23)24/h5-6,8-11,17H,2-4,7,12-15H2,1H3,(H,25,26). The van der Waals surface area contributed by atoms with Gasteiger partial charge in [0.1, 0.15) is 5.75 Å². The fourth-order valence-corrected chi connectivity index (χ4v) is 3.61. The predicted octanol–water partition coefficient (Wildman–Crippen LogP) is 4.23. The van der Waals surface area contributed by atoms with E-state index in [4.69, 9.17) is 4.74 Å². The van der Waals surface area contributed by atoms with E-state index in [1.165, 1.54) is 12.8 Å². The van der Waals surface area contributed by atoms with Gasteiger partial charge in [0.25, 0.3) is 0 Å². The number of carboxylic acids is 1. The number of nitrogens with zero attached hydrogens (tertiary/aromatic N) is 1. The molecule has 0 aliphatic carbocycles. The summed E-state index contributed by atoms with van der Waals surface area (Å²) in [6.07, 6.45) is 4.61. The van der Waals surface area contributed by atoms with Crippen LogP contribution in [0.5, 0.6) is 5.75 Å². The van der Waals surface area contributed by atoms with Crippen molar-refractivity contribution in [3.63, 3.8) is 0 Å². The maximum absolute atomic E-state index is 12.3. The largest absolute Gasteiger partial charge is 0.493 e. The van der Waals surface area contributed by atoms with E-state index in [0.29, 0.717) is 13.2 Å². The highest BCUT2D eigenvalue weighted by Crippen LogP contribution is 2.31. The van der Waals surface area contributed by atoms with Crippen LogP contribution in [0.2, 0.25) is 0 Å². The van der Waals surface area contributed by atoms with Gasteiger partial charge >= 0.3 is 5.97 Å². The van der Waals surface area contributed by atoms with Crippen molar-refractivity contribution in [3.8, 4) is 5.75 Å². The van der Waals surface area contributed by atoms with Crippen molar-refractivity contribution < 1.29 is 19.4 Å². The van der Waals surface area contributed by atoms with Gasteiger partial charge in [-0.3, -0.25) is 9.59 Å². The number of benzene rings is 2. The first kappa shape index (κ1) is 19.2. The number of hydrogen-bond acceptors (Lipinski definition) is 3. The van der Waals surface area contributed by atoms with Crippen LogP contribution in [0, 0.1) is 5.92 Å². The van der Waals surface area contributed by atoms with Crippen molar-refractivity contribution in [2.45, 2.75) is 45.6 Å². The molecule has 1 saturated heterocycles. The first-order chi connectivity index (χ1) is 13.1. The van der Waals surface area contributed by atoms with Crippen LogP contribution in [-0.2, 0) is 16.1 Å². The zero-order valence-corrected chi connectivity index (χ0v) is 15.8. The van der Waals surface area contributed by atoms with Crippen LogP contribution in [0.15, 0.2) is 36.4 Å². The summed E-state index contributed by atoms with van der Waals surface area (Å²) in [5.41, 5.74) is 0.961. The molecular formula is C22H27NO4. The Bertz CT molecular complexity index is 817. The van der Waals surface area contributed by atoms with Crippen molar-refractivity contribution in [1.82, 2.24) is 4.90 Å². The third kappa shape index (κ3) is 4.59. The third-order valence-electron chi connectivity index (χ3n) is 5.17. The molecule has 0 radical (unpaired) electrons. The minimum Gasteiger partial charge on any atom is -0.493 e. The number of hydrogen-bond donors (Lipinski definition) is 1. The Labute approximate surface area is 159 Å². The SMILES string of the molecule is CCCCCCOc1ccc2ccccc2c1CN1CC(C(=O)O)CC1=O. The molecule has 5 nitrogen and oxygen atoms in total. The molecule has 1 amide bonds. The quantitative estimate of drug-likeness (QED) is 0.672. The molecule has 1 heterocycles. The highest BCUT2D eigenvalue weighted by atomic mass is 16.5. The Morgan fingerprint density at radius 1 is 1.19 bits per heavy atom. The molecule has 1 unspecified atom stereocenters. The topological polar surface area (TPSA) is 66.8 Å². The number of ether oxygens (including phenoxy) is 1. The lowest BCUT2D eigenvalue weighted by Crippen LogP contribution is -2.26. The molecule has 144 valence electrons. The molecule has 2 aromatic rings. The van der Waals surface area contributed by atoms with Crippen LogP contribution in [0.4, 0.5) is 0 Å². The minimum absolute atomic E-state index is 0.0767. The molecule has 0 aromatic heterocycles. The molecule has 3 rings (SSSR count). The van der Waals surface area contributed by atoms with Gasteiger partial charge in [-0.2, -0.15) is 0 Å². The first-order valence-corrected chi connectivity index (χ1v) is 9.74. The average molecular weight is 369 g/mol. The Hall–Kier alpha value is -2.56. The number of carbonyl (C=O) groups excluding carboxylic acids is 1. The minimum atomic E-state index is -0.906. The van der Waals surface area contributed by atoms with Crippen molar-refractivity contribution >= 4 is 22.6 Å². The average Bonchev–Trinajstić information content (AvgIpc) is 3.04. The lowest BCUT2D eigenvalue weighted by atomic mass is 10.0. The van der Waals surface area contributed by atoms with Gasteiger partial charge in [0, 0.05) is 25.1 Å². The van der Waals surface area contributed by atoms with E-state index in [1.54, 1.807) is 4.90 Å². The van der Waals surface area contributed by atoms with Crippen LogP contribution in [0.3, 0.4) is 0 Å². The maximum atomic E-state index is 12.3. The van der Waals surface area contributed by atoms with Crippen LogP contribution >= 0.6 is 0 Å². The van der Waals surface area contributed by atoms with Gasteiger partial charge in [-0.25, -0.2) is 0 Å². The van der Waals surface area contributed by atoms with E-state index in [-0.39, 0.29) is 18.9 Å². The number of aliphatic carboxylic acids is 1. The summed E-state index contributed by atoms with van der Waals surface area (Å²) in [6, 6.07) is 12.0. The van der Waals surface area contributed by atoms with Crippen molar-refractivity contribution in [2.24, 2.45) is 5.92 Å². The van der Waals surface area contributed by atoms with Crippen molar-refractivity contribution in [1.29, 1.82) is 0 Å². The van der Waals surface area contributed by atoms with E-state index in [2.05, 4.69) is 6.92 Å². The summed E-state index contributed by atoms with van der Waals surface area (Å²) in [5.74, 6) is -0.844. The lowest BCUT2D eigenvalue weighted by Gasteiger charge is -2.20. The molecule has 0 spiro atoms. The van der Waals surface area contributed by atoms with Gasteiger partial charge in [-0.05, 0) is 23.3 Å². The summed E-state index contributed by atoms with van der Waals surface area (Å²) in [4.78, 5) is 25.2. The van der Waals surface area contributed by atoms with Crippen LogP contribution in [-0.4, -0.2) is 35.0 Å². The van der Waals surface area contributed by atoms with E-state index < -0.39 is 11.9 Å². The molecule has 0 bridgehead atoms. The zero-order valence-electron chi connectivity index (χ0n) is 15.8. The molecule has 0 saturated carbocycles. The maximum Gasteiger partial charge on any atom is 0.308 e. The third-order valence-corrected chi connectivity index (χ3v) is 5.17. The van der Waals surface area contributed by atoms with Crippen molar-refractivity contribution in [2.75, 3.05) is 13.2 Å². The zero-order chi connectivity index (χ0) is 19.2. The molecule has 27 heavy (non-hydrogen) atoms.